The molecule has 0 fully saturated rings. The van der Waals surface area contributed by atoms with Crippen molar-refractivity contribution in [2.75, 3.05) is 0 Å². The van der Waals surface area contributed by atoms with Gasteiger partial charge in [0.15, 0.2) is 0 Å². The molecule has 1 amide bonds. The molecule has 0 radical (unpaired) electrons. The van der Waals surface area contributed by atoms with Crippen molar-refractivity contribution in [2.24, 2.45) is 0 Å². The SMILES string of the molecule is Cc1c(Oc2ccnc3cc(-c4cncnc4)ccc23)cccc1C(=O)NCc1ccc(C#N)c(F)c1. The highest BCUT2D eigenvalue weighted by Crippen LogP contribution is 2.33. The van der Waals surface area contributed by atoms with E-state index in [-0.39, 0.29) is 18.0 Å². The van der Waals surface area contributed by atoms with Gasteiger partial charge in [-0.25, -0.2) is 14.4 Å². The number of pyridine rings is 1. The molecule has 0 aliphatic rings. The minimum absolute atomic E-state index is 0.0373. The molecule has 0 unspecified atom stereocenters. The van der Waals surface area contributed by atoms with Crippen LogP contribution in [-0.2, 0) is 6.54 Å². The largest absolute Gasteiger partial charge is 0.456 e. The summed E-state index contributed by atoms with van der Waals surface area (Å²) < 4.78 is 20.1. The van der Waals surface area contributed by atoms with Crippen LogP contribution in [0.15, 0.2) is 85.6 Å². The van der Waals surface area contributed by atoms with Crippen LogP contribution in [0.1, 0.15) is 27.0 Å². The zero-order chi connectivity index (χ0) is 25.8. The predicted molar refractivity (Wildman–Crippen MR) is 136 cm³/mol. The summed E-state index contributed by atoms with van der Waals surface area (Å²) >= 11 is 0. The van der Waals surface area contributed by atoms with E-state index in [1.807, 2.05) is 25.1 Å². The molecule has 7 nitrogen and oxygen atoms in total. The van der Waals surface area contributed by atoms with Gasteiger partial charge in [0.1, 0.15) is 29.7 Å². The maximum absolute atomic E-state index is 13.9. The van der Waals surface area contributed by atoms with Crippen molar-refractivity contribution in [3.05, 3.63) is 114 Å². The summed E-state index contributed by atoms with van der Waals surface area (Å²) in [6, 6.07) is 18.9. The molecule has 37 heavy (non-hydrogen) atoms. The molecule has 5 rings (SSSR count). The summed E-state index contributed by atoms with van der Waals surface area (Å²) in [6.07, 6.45) is 6.64. The minimum atomic E-state index is -0.616. The van der Waals surface area contributed by atoms with Crippen LogP contribution in [0.25, 0.3) is 22.0 Å². The molecule has 0 bridgehead atoms. The number of carbonyl (C=O) groups is 1. The van der Waals surface area contributed by atoms with E-state index in [4.69, 9.17) is 10.00 Å². The number of hydrogen-bond acceptors (Lipinski definition) is 6. The molecule has 0 saturated heterocycles. The number of halogens is 1. The van der Waals surface area contributed by atoms with Gasteiger partial charge in [-0.3, -0.25) is 9.78 Å². The van der Waals surface area contributed by atoms with Crippen LogP contribution < -0.4 is 10.1 Å². The normalized spacial score (nSPS) is 10.6. The van der Waals surface area contributed by atoms with Gasteiger partial charge in [0.25, 0.3) is 5.91 Å². The fourth-order valence-corrected chi connectivity index (χ4v) is 3.96. The second-order valence-corrected chi connectivity index (χ2v) is 8.31. The van der Waals surface area contributed by atoms with E-state index in [2.05, 4.69) is 20.3 Å². The smallest absolute Gasteiger partial charge is 0.251 e. The molecular weight excluding hydrogens is 469 g/mol. The Labute approximate surface area is 212 Å². The fraction of sp³-hybridized carbons (Fsp3) is 0.0690. The number of rotatable bonds is 6. The Morgan fingerprint density at radius 2 is 1.86 bits per heavy atom. The van der Waals surface area contributed by atoms with Crippen molar-refractivity contribution in [3.8, 4) is 28.7 Å². The third kappa shape index (κ3) is 4.97. The number of ether oxygens (including phenoxy) is 1. The van der Waals surface area contributed by atoms with Crippen molar-refractivity contribution in [1.29, 1.82) is 5.26 Å². The van der Waals surface area contributed by atoms with Crippen molar-refractivity contribution < 1.29 is 13.9 Å². The number of hydrogen-bond donors (Lipinski definition) is 1. The zero-order valence-corrected chi connectivity index (χ0v) is 19.8. The van der Waals surface area contributed by atoms with Gasteiger partial charge < -0.3 is 10.1 Å². The number of aromatic nitrogens is 3. The number of nitrogens with one attached hydrogen (secondary N) is 1. The zero-order valence-electron chi connectivity index (χ0n) is 19.8. The summed E-state index contributed by atoms with van der Waals surface area (Å²) in [5.74, 6) is 0.205. The van der Waals surface area contributed by atoms with Gasteiger partial charge in [0, 0.05) is 47.2 Å². The Kier molecular flexibility index (Phi) is 6.51. The molecule has 0 aliphatic carbocycles. The summed E-state index contributed by atoms with van der Waals surface area (Å²) in [6.45, 7) is 1.93. The Morgan fingerprint density at radius 3 is 2.65 bits per heavy atom. The highest BCUT2D eigenvalue weighted by atomic mass is 19.1. The average molecular weight is 490 g/mol. The van der Waals surface area contributed by atoms with E-state index < -0.39 is 5.82 Å². The molecule has 0 spiro atoms. The maximum Gasteiger partial charge on any atom is 0.251 e. The third-order valence-corrected chi connectivity index (χ3v) is 5.95. The number of fused-ring (bicyclic) bond motifs is 1. The molecule has 0 aliphatic heterocycles. The van der Waals surface area contributed by atoms with Gasteiger partial charge in [-0.15, -0.1) is 0 Å². The summed E-state index contributed by atoms with van der Waals surface area (Å²) in [5, 5.41) is 12.5. The first kappa shape index (κ1) is 23.6. The van der Waals surface area contributed by atoms with Crippen molar-refractivity contribution in [1.82, 2.24) is 20.3 Å². The number of nitrogens with zero attached hydrogens (tertiary/aromatic N) is 4. The molecule has 2 heterocycles. The van der Waals surface area contributed by atoms with Gasteiger partial charge in [-0.05, 0) is 60.5 Å². The number of carbonyl (C=O) groups excluding carboxylic acids is 1. The third-order valence-electron chi connectivity index (χ3n) is 5.95. The standard InChI is InChI=1S/C29H20FN5O2/c1-18-23(29(36)35-14-19-5-6-21(13-31)25(30)11-19)3-2-4-27(18)37-28-9-10-34-26-12-20(7-8-24(26)28)22-15-32-17-33-16-22/h2-12,15-17H,14H2,1H3,(H,35,36). The van der Waals surface area contributed by atoms with Gasteiger partial charge >= 0.3 is 0 Å². The van der Waals surface area contributed by atoms with Crippen molar-refractivity contribution in [3.63, 3.8) is 0 Å². The lowest BCUT2D eigenvalue weighted by molar-refractivity contribution is 0.0950. The maximum atomic E-state index is 13.9. The van der Waals surface area contributed by atoms with E-state index in [0.717, 1.165) is 22.0 Å². The number of nitriles is 1. The van der Waals surface area contributed by atoms with E-state index in [1.165, 1.54) is 18.5 Å². The van der Waals surface area contributed by atoms with Crippen LogP contribution in [0.3, 0.4) is 0 Å². The summed E-state index contributed by atoms with van der Waals surface area (Å²) in [7, 11) is 0. The van der Waals surface area contributed by atoms with Crippen LogP contribution >= 0.6 is 0 Å². The summed E-state index contributed by atoms with van der Waals surface area (Å²) in [4.78, 5) is 25.5. The minimum Gasteiger partial charge on any atom is -0.456 e. The van der Waals surface area contributed by atoms with Gasteiger partial charge in [0.2, 0.25) is 0 Å². The molecule has 3 aromatic carbocycles. The number of benzene rings is 3. The Hall–Kier alpha value is -5.16. The van der Waals surface area contributed by atoms with Gasteiger partial charge in [-0.2, -0.15) is 5.26 Å². The molecule has 0 saturated carbocycles. The topological polar surface area (TPSA) is 101 Å². The monoisotopic (exact) mass is 489 g/mol. The van der Waals surface area contributed by atoms with Gasteiger partial charge in [-0.1, -0.05) is 18.2 Å². The molecule has 8 heteroatoms. The molecule has 2 aromatic heterocycles. The van der Waals surface area contributed by atoms with E-state index >= 15 is 0 Å². The number of amides is 1. The second kappa shape index (κ2) is 10.2. The molecule has 0 atom stereocenters. The Morgan fingerprint density at radius 1 is 1.03 bits per heavy atom. The Balaban J connectivity index is 1.36. The van der Waals surface area contributed by atoms with Crippen molar-refractivity contribution >= 4 is 16.8 Å². The van der Waals surface area contributed by atoms with Crippen LogP contribution in [-0.4, -0.2) is 20.9 Å². The second-order valence-electron chi connectivity index (χ2n) is 8.31. The molecule has 5 aromatic rings. The van der Waals surface area contributed by atoms with E-state index in [0.29, 0.717) is 28.2 Å². The highest BCUT2D eigenvalue weighted by Gasteiger charge is 2.15. The average Bonchev–Trinajstić information content (AvgIpc) is 2.93. The lowest BCUT2D eigenvalue weighted by atomic mass is 10.1. The lowest BCUT2D eigenvalue weighted by Gasteiger charge is -2.14. The molecule has 1 N–H and O–H groups in total. The molecule has 180 valence electrons. The highest BCUT2D eigenvalue weighted by molar-refractivity contribution is 5.96. The lowest BCUT2D eigenvalue weighted by Crippen LogP contribution is -2.23. The Bertz CT molecular complexity index is 1670. The molecular formula is C29H20FN5O2. The van der Waals surface area contributed by atoms with Gasteiger partial charge in [0.05, 0.1) is 11.1 Å². The first-order valence-electron chi connectivity index (χ1n) is 11.4. The predicted octanol–water partition coefficient (Wildman–Crippen LogP) is 5.73. The quantitative estimate of drug-likeness (QED) is 0.327. The van der Waals surface area contributed by atoms with Crippen molar-refractivity contribution in [2.45, 2.75) is 13.5 Å². The van der Waals surface area contributed by atoms with Crippen LogP contribution in [0, 0.1) is 24.1 Å². The summed E-state index contributed by atoms with van der Waals surface area (Å²) in [5.41, 5.74) is 4.19. The van der Waals surface area contributed by atoms with Crippen LogP contribution in [0.4, 0.5) is 4.39 Å². The van der Waals surface area contributed by atoms with Crippen LogP contribution in [0.2, 0.25) is 0 Å². The van der Waals surface area contributed by atoms with E-state index in [1.54, 1.807) is 55.0 Å². The fourth-order valence-electron chi connectivity index (χ4n) is 3.96. The first-order chi connectivity index (χ1) is 18.0. The van der Waals surface area contributed by atoms with E-state index in [9.17, 15) is 9.18 Å². The van der Waals surface area contributed by atoms with Crippen LogP contribution in [0.5, 0.6) is 11.5 Å². The first-order valence-corrected chi connectivity index (χ1v) is 11.4.